The molecule has 6 nitrogen and oxygen atoms in total. The topological polar surface area (TPSA) is 79.7 Å². The molecular weight excluding hydrogens is 292 g/mol. The standard InChI is InChI=1S/C14H20N2O4S/c1-8-5-10(11-15-9(7-21-11)12(17)18)16(6-8)13(19)20-14(2,3)4/h7-8,10H,5-6H2,1-4H3,(H,17,18)/t8-,10-/m0/s1. The lowest BCUT2D eigenvalue weighted by Gasteiger charge is -2.27. The summed E-state index contributed by atoms with van der Waals surface area (Å²) in [5.41, 5.74) is -0.526. The fourth-order valence-corrected chi connectivity index (χ4v) is 3.26. The fourth-order valence-electron chi connectivity index (χ4n) is 2.34. The van der Waals surface area contributed by atoms with Crippen LogP contribution in [0.15, 0.2) is 5.38 Å². The van der Waals surface area contributed by atoms with E-state index in [9.17, 15) is 9.59 Å². The Bertz CT molecular complexity index is 549. The second-order valence-corrected chi connectivity index (χ2v) is 7.26. The van der Waals surface area contributed by atoms with E-state index in [4.69, 9.17) is 9.84 Å². The summed E-state index contributed by atoms with van der Waals surface area (Å²) in [6.45, 7) is 8.13. The Morgan fingerprint density at radius 1 is 1.48 bits per heavy atom. The Hall–Kier alpha value is -1.63. The molecule has 1 amide bonds. The van der Waals surface area contributed by atoms with Gasteiger partial charge in [0.15, 0.2) is 5.69 Å². The van der Waals surface area contributed by atoms with Crippen LogP contribution in [0.4, 0.5) is 4.79 Å². The molecule has 1 aromatic heterocycles. The van der Waals surface area contributed by atoms with Crippen LogP contribution in [-0.2, 0) is 4.74 Å². The summed E-state index contributed by atoms with van der Waals surface area (Å²) in [5.74, 6) is -0.716. The summed E-state index contributed by atoms with van der Waals surface area (Å²) >= 11 is 1.27. The number of hydrogen-bond acceptors (Lipinski definition) is 5. The molecule has 0 bridgehead atoms. The van der Waals surface area contributed by atoms with Crippen LogP contribution in [0, 0.1) is 5.92 Å². The highest BCUT2D eigenvalue weighted by Gasteiger charge is 2.38. The van der Waals surface area contributed by atoms with Crippen LogP contribution in [0.1, 0.15) is 55.7 Å². The largest absolute Gasteiger partial charge is 0.476 e. The maximum atomic E-state index is 12.3. The van der Waals surface area contributed by atoms with Crippen molar-refractivity contribution in [3.8, 4) is 0 Å². The number of aromatic carboxylic acids is 1. The first-order valence-corrected chi connectivity index (χ1v) is 7.73. The molecule has 0 aliphatic carbocycles. The Labute approximate surface area is 127 Å². The van der Waals surface area contributed by atoms with Crippen LogP contribution in [0.5, 0.6) is 0 Å². The van der Waals surface area contributed by atoms with E-state index in [1.165, 1.54) is 16.7 Å². The first-order valence-electron chi connectivity index (χ1n) is 6.85. The van der Waals surface area contributed by atoms with Crippen LogP contribution >= 0.6 is 11.3 Å². The van der Waals surface area contributed by atoms with Crippen molar-refractivity contribution >= 4 is 23.4 Å². The third-order valence-electron chi connectivity index (χ3n) is 3.16. The van der Waals surface area contributed by atoms with Gasteiger partial charge < -0.3 is 9.84 Å². The summed E-state index contributed by atoms with van der Waals surface area (Å²) in [6, 6.07) is -0.201. The van der Waals surface area contributed by atoms with Crippen LogP contribution in [0.25, 0.3) is 0 Å². The Balaban J connectivity index is 2.19. The van der Waals surface area contributed by atoms with Crippen molar-refractivity contribution in [1.29, 1.82) is 0 Å². The Kier molecular flexibility index (Phi) is 4.22. The third kappa shape index (κ3) is 3.72. The predicted molar refractivity (Wildman–Crippen MR) is 78.5 cm³/mol. The van der Waals surface area contributed by atoms with E-state index >= 15 is 0 Å². The summed E-state index contributed by atoms with van der Waals surface area (Å²) in [5, 5.41) is 11.1. The molecule has 21 heavy (non-hydrogen) atoms. The molecule has 0 unspecified atom stereocenters. The van der Waals surface area contributed by atoms with E-state index in [2.05, 4.69) is 11.9 Å². The van der Waals surface area contributed by atoms with E-state index in [0.717, 1.165) is 6.42 Å². The average molecular weight is 312 g/mol. The molecule has 1 aliphatic heterocycles. The highest BCUT2D eigenvalue weighted by atomic mass is 32.1. The molecule has 0 radical (unpaired) electrons. The normalized spacial score (nSPS) is 22.4. The monoisotopic (exact) mass is 312 g/mol. The van der Waals surface area contributed by atoms with E-state index in [-0.39, 0.29) is 17.8 Å². The molecule has 1 aliphatic rings. The molecule has 0 saturated carbocycles. The number of carboxylic acid groups (broad SMARTS) is 1. The van der Waals surface area contributed by atoms with Crippen molar-refractivity contribution in [3.63, 3.8) is 0 Å². The van der Waals surface area contributed by atoms with E-state index in [0.29, 0.717) is 17.5 Å². The summed E-state index contributed by atoms with van der Waals surface area (Å²) in [7, 11) is 0. The summed E-state index contributed by atoms with van der Waals surface area (Å²) in [4.78, 5) is 29.0. The molecule has 1 aromatic rings. The molecule has 2 atom stereocenters. The minimum atomic E-state index is -1.05. The molecule has 0 spiro atoms. The summed E-state index contributed by atoms with van der Waals surface area (Å²) < 4.78 is 5.42. The number of aromatic nitrogens is 1. The first kappa shape index (κ1) is 15.8. The lowest BCUT2D eigenvalue weighted by molar-refractivity contribution is 0.0220. The van der Waals surface area contributed by atoms with Crippen molar-refractivity contribution in [2.75, 3.05) is 6.54 Å². The van der Waals surface area contributed by atoms with Gasteiger partial charge in [-0.1, -0.05) is 6.92 Å². The number of nitrogens with zero attached hydrogens (tertiary/aromatic N) is 2. The third-order valence-corrected chi connectivity index (χ3v) is 4.11. The number of carboxylic acids is 1. The number of ether oxygens (including phenoxy) is 1. The first-order chi connectivity index (χ1) is 9.67. The van der Waals surface area contributed by atoms with Crippen molar-refractivity contribution in [3.05, 3.63) is 16.1 Å². The van der Waals surface area contributed by atoms with Gasteiger partial charge in [-0.3, -0.25) is 4.90 Å². The molecule has 1 N–H and O–H groups in total. The number of amides is 1. The Morgan fingerprint density at radius 2 is 2.14 bits per heavy atom. The zero-order chi connectivity index (χ0) is 15.8. The average Bonchev–Trinajstić information content (AvgIpc) is 2.92. The molecule has 116 valence electrons. The van der Waals surface area contributed by atoms with Gasteiger partial charge in [-0.15, -0.1) is 11.3 Å². The second kappa shape index (κ2) is 5.63. The van der Waals surface area contributed by atoms with Gasteiger partial charge in [0.1, 0.15) is 10.6 Å². The van der Waals surface area contributed by atoms with Gasteiger partial charge in [-0.05, 0) is 33.1 Å². The molecule has 1 saturated heterocycles. The number of hydrogen-bond donors (Lipinski definition) is 1. The van der Waals surface area contributed by atoms with Gasteiger partial charge >= 0.3 is 12.1 Å². The minimum Gasteiger partial charge on any atom is -0.476 e. The lowest BCUT2D eigenvalue weighted by Crippen LogP contribution is -2.36. The molecular formula is C14H20N2O4S. The van der Waals surface area contributed by atoms with Gasteiger partial charge in [0.2, 0.25) is 0 Å². The van der Waals surface area contributed by atoms with Gasteiger partial charge in [0, 0.05) is 11.9 Å². The highest BCUT2D eigenvalue weighted by Crippen LogP contribution is 2.37. The zero-order valence-electron chi connectivity index (χ0n) is 12.6. The van der Waals surface area contributed by atoms with Crippen molar-refractivity contribution in [2.24, 2.45) is 5.92 Å². The number of carbonyl (C=O) groups is 2. The van der Waals surface area contributed by atoms with Gasteiger partial charge in [-0.25, -0.2) is 14.6 Å². The number of rotatable bonds is 2. The van der Waals surface area contributed by atoms with Gasteiger partial charge in [-0.2, -0.15) is 0 Å². The number of likely N-dealkylation sites (tertiary alicyclic amines) is 1. The molecule has 2 rings (SSSR count). The van der Waals surface area contributed by atoms with E-state index in [1.54, 1.807) is 4.90 Å². The molecule has 0 aromatic carbocycles. The smallest absolute Gasteiger partial charge is 0.410 e. The van der Waals surface area contributed by atoms with Crippen LogP contribution in [0.2, 0.25) is 0 Å². The number of thiazole rings is 1. The SMILES string of the molecule is C[C@H]1C[C@@H](c2nc(C(=O)O)cs2)N(C(=O)OC(C)(C)C)C1. The van der Waals surface area contributed by atoms with Crippen LogP contribution in [-0.4, -0.2) is 39.2 Å². The van der Waals surface area contributed by atoms with Crippen molar-refractivity contribution < 1.29 is 19.4 Å². The molecule has 2 heterocycles. The van der Waals surface area contributed by atoms with Crippen LogP contribution in [0.3, 0.4) is 0 Å². The van der Waals surface area contributed by atoms with Crippen LogP contribution < -0.4 is 0 Å². The summed E-state index contributed by atoms with van der Waals surface area (Å²) in [6.07, 6.45) is 0.398. The maximum Gasteiger partial charge on any atom is 0.410 e. The van der Waals surface area contributed by atoms with Gasteiger partial charge in [0.25, 0.3) is 0 Å². The lowest BCUT2D eigenvalue weighted by atomic mass is 10.1. The van der Waals surface area contributed by atoms with E-state index < -0.39 is 11.6 Å². The quantitative estimate of drug-likeness (QED) is 0.907. The second-order valence-electron chi connectivity index (χ2n) is 6.37. The molecule has 1 fully saturated rings. The molecule has 7 heteroatoms. The fraction of sp³-hybridized carbons (Fsp3) is 0.643. The zero-order valence-corrected chi connectivity index (χ0v) is 13.4. The predicted octanol–water partition coefficient (Wildman–Crippen LogP) is 3.16. The highest BCUT2D eigenvalue weighted by molar-refractivity contribution is 7.09. The van der Waals surface area contributed by atoms with Gasteiger partial charge in [0.05, 0.1) is 6.04 Å². The maximum absolute atomic E-state index is 12.3. The van der Waals surface area contributed by atoms with Crippen molar-refractivity contribution in [2.45, 2.75) is 45.8 Å². The Morgan fingerprint density at radius 3 is 2.67 bits per heavy atom. The number of carbonyl (C=O) groups excluding carboxylic acids is 1. The van der Waals surface area contributed by atoms with Crippen molar-refractivity contribution in [1.82, 2.24) is 9.88 Å². The minimum absolute atomic E-state index is 0.0266. The van der Waals surface area contributed by atoms with E-state index in [1.807, 2.05) is 20.8 Å².